The van der Waals surface area contributed by atoms with Crippen LogP contribution in [0.3, 0.4) is 0 Å². The number of thioether (sulfide) groups is 1. The van der Waals surface area contributed by atoms with Gasteiger partial charge in [0.1, 0.15) is 17.6 Å². The Morgan fingerprint density at radius 3 is 2.27 bits per heavy atom. The van der Waals surface area contributed by atoms with E-state index in [-0.39, 0.29) is 34.0 Å². The fourth-order valence-electron chi connectivity index (χ4n) is 9.84. The highest BCUT2D eigenvalue weighted by molar-refractivity contribution is 7.99. The van der Waals surface area contributed by atoms with Gasteiger partial charge in [-0.3, -0.25) is 9.59 Å². The van der Waals surface area contributed by atoms with Crippen LogP contribution in [0.2, 0.25) is 0 Å². The number of hydrogen-bond donors (Lipinski definition) is 1. The third-order valence-electron chi connectivity index (χ3n) is 13.6. The number of nitrogens with zero attached hydrogens (tertiary/aromatic N) is 4. The Kier molecular flexibility index (Phi) is 13.6. The Balaban J connectivity index is 0.876. The van der Waals surface area contributed by atoms with Crippen LogP contribution in [0.4, 0.5) is 11.4 Å². The fraction of sp³-hybridized carbons (Fsp3) is 0.364. The molecule has 12 heteroatoms. The van der Waals surface area contributed by atoms with Crippen LogP contribution in [0.5, 0.6) is 0 Å². The van der Waals surface area contributed by atoms with E-state index in [2.05, 4.69) is 130 Å². The zero-order valence-corrected chi connectivity index (χ0v) is 42.9. The normalized spacial score (nSPS) is 17.3. The van der Waals surface area contributed by atoms with Gasteiger partial charge < -0.3 is 15.3 Å². The van der Waals surface area contributed by atoms with Crippen molar-refractivity contribution in [3.8, 4) is 20.9 Å². The van der Waals surface area contributed by atoms with Gasteiger partial charge in [-0.2, -0.15) is 13.3 Å². The molecule has 0 unspecified atom stereocenters. The second kappa shape index (κ2) is 19.5. The molecule has 0 atom stereocenters. The minimum atomic E-state index is -0.426. The van der Waals surface area contributed by atoms with Gasteiger partial charge >= 0.3 is 0 Å². The summed E-state index contributed by atoms with van der Waals surface area (Å²) in [5.41, 5.74) is 10.4. The van der Waals surface area contributed by atoms with Crippen LogP contribution in [-0.4, -0.2) is 56.1 Å². The number of benzene rings is 3. The van der Waals surface area contributed by atoms with E-state index < -0.39 is 5.41 Å². The minimum absolute atomic E-state index is 0.0373. The highest BCUT2D eigenvalue weighted by atomic mass is 32.2. The lowest BCUT2D eigenvalue weighted by Crippen LogP contribution is -2.35. The SMILES string of the molecule is CCCCN1/C(=C/C2=C([O-])C(=C\C3=[N+](CCCCC(=O)NCCSc4cc(-c5ccc(CC)s5)c5nsnc5c4-c4ccc(CC)s4)c4ccccc4C3(C)C)/C2=O)C(C)(C)c2ccccc21. The molecule has 1 N–H and O–H groups in total. The highest BCUT2D eigenvalue weighted by Crippen LogP contribution is 2.50. The average Bonchev–Trinajstić information content (AvgIpc) is 4.18. The number of unbranched alkanes of at least 4 members (excludes halogenated alkanes) is 2. The summed E-state index contributed by atoms with van der Waals surface area (Å²) in [4.78, 5) is 35.9. The molecule has 0 saturated heterocycles. The number of nitrogens with one attached hydrogen (secondary N) is 1. The number of thiophene rings is 2. The van der Waals surface area contributed by atoms with Crippen molar-refractivity contribution in [2.24, 2.45) is 0 Å². The first-order chi connectivity index (χ1) is 32.4. The number of amides is 1. The van der Waals surface area contributed by atoms with Gasteiger partial charge in [-0.05, 0) is 87.6 Å². The van der Waals surface area contributed by atoms with Gasteiger partial charge in [-0.15, -0.1) is 34.4 Å². The molecule has 0 saturated carbocycles. The molecule has 67 heavy (non-hydrogen) atoms. The van der Waals surface area contributed by atoms with Gasteiger partial charge in [-0.1, -0.05) is 83.2 Å². The lowest BCUT2D eigenvalue weighted by atomic mass is 9.77. The van der Waals surface area contributed by atoms with Gasteiger partial charge in [0, 0.05) is 113 Å². The van der Waals surface area contributed by atoms with Crippen LogP contribution >= 0.6 is 46.2 Å². The van der Waals surface area contributed by atoms with Crippen molar-refractivity contribution in [1.29, 1.82) is 0 Å². The second-order valence-corrected chi connectivity index (χ2v) is 22.6. The molecule has 3 aliphatic rings. The van der Waals surface area contributed by atoms with E-state index in [1.54, 1.807) is 11.8 Å². The lowest BCUT2D eigenvalue weighted by molar-refractivity contribution is -0.438. The molecule has 9 rings (SSSR count). The summed E-state index contributed by atoms with van der Waals surface area (Å²) >= 11 is 6.66. The van der Waals surface area contributed by atoms with Crippen LogP contribution in [0.1, 0.15) is 101 Å². The Labute approximate surface area is 411 Å². The molecular formula is C55H59N5O3S4. The van der Waals surface area contributed by atoms with Gasteiger partial charge in [-0.25, -0.2) is 0 Å². The van der Waals surface area contributed by atoms with Gasteiger partial charge in [0.05, 0.1) is 17.1 Å². The molecule has 0 radical (unpaired) electrons. The van der Waals surface area contributed by atoms with Gasteiger partial charge in [0.2, 0.25) is 11.6 Å². The van der Waals surface area contributed by atoms with E-state index in [0.29, 0.717) is 25.9 Å². The molecule has 346 valence electrons. The maximum Gasteiger partial charge on any atom is 0.220 e. The van der Waals surface area contributed by atoms with E-state index in [4.69, 9.17) is 8.75 Å². The van der Waals surface area contributed by atoms with Crippen molar-refractivity contribution >= 4 is 86.0 Å². The monoisotopic (exact) mass is 965 g/mol. The number of carbonyl (C=O) groups is 2. The summed E-state index contributed by atoms with van der Waals surface area (Å²) < 4.78 is 11.9. The molecule has 8 nitrogen and oxygen atoms in total. The number of aryl methyl sites for hydroxylation is 2. The van der Waals surface area contributed by atoms with Gasteiger partial charge in [0.15, 0.2) is 11.5 Å². The van der Waals surface area contributed by atoms with E-state index in [9.17, 15) is 14.7 Å². The maximum atomic E-state index is 14.0. The number of anilines is 1. The number of rotatable bonds is 18. The number of carbonyl (C=O) groups excluding carboxylic acids is 2. The quantitative estimate of drug-likeness (QED) is 0.0396. The van der Waals surface area contributed by atoms with Crippen molar-refractivity contribution in [1.82, 2.24) is 14.1 Å². The number of hydrogen-bond acceptors (Lipinski definition) is 10. The summed E-state index contributed by atoms with van der Waals surface area (Å²) in [6.45, 7) is 17.3. The second-order valence-electron chi connectivity index (χ2n) is 18.6. The average molecular weight is 966 g/mol. The fourth-order valence-corrected chi connectivity index (χ4v) is 13.4. The van der Waals surface area contributed by atoms with Gasteiger partial charge in [0.25, 0.3) is 0 Å². The van der Waals surface area contributed by atoms with Crippen LogP contribution in [0, 0.1) is 0 Å². The molecular weight excluding hydrogens is 907 g/mol. The zero-order valence-electron chi connectivity index (χ0n) is 39.6. The summed E-state index contributed by atoms with van der Waals surface area (Å²) in [6, 6.07) is 27.9. The van der Waals surface area contributed by atoms with E-state index in [0.717, 1.165) is 99.8 Å². The van der Waals surface area contributed by atoms with Crippen molar-refractivity contribution in [2.75, 3.05) is 30.3 Å². The molecule has 2 aliphatic heterocycles. The van der Waals surface area contributed by atoms with Crippen LogP contribution < -0.4 is 15.3 Å². The smallest absolute Gasteiger partial charge is 0.220 e. The maximum absolute atomic E-state index is 14.0. The summed E-state index contributed by atoms with van der Waals surface area (Å²) in [5, 5.41) is 17.2. The number of Topliss-reactive ketones (excluding diaryl/α,β-unsaturated/α-hetero) is 1. The summed E-state index contributed by atoms with van der Waals surface area (Å²) in [7, 11) is 0. The summed E-state index contributed by atoms with van der Waals surface area (Å²) in [6.07, 6.45) is 9.65. The third kappa shape index (κ3) is 8.79. The Bertz CT molecular complexity index is 3020. The molecule has 6 aromatic rings. The van der Waals surface area contributed by atoms with Crippen molar-refractivity contribution < 1.29 is 19.3 Å². The highest BCUT2D eigenvalue weighted by Gasteiger charge is 2.46. The van der Waals surface area contributed by atoms with Crippen LogP contribution in [-0.2, 0) is 33.3 Å². The molecule has 3 aromatic heterocycles. The number of allylic oxidation sites excluding steroid dienone is 5. The number of aromatic nitrogens is 2. The number of ketones is 1. The van der Waals surface area contributed by atoms with E-state index >= 15 is 0 Å². The predicted molar refractivity (Wildman–Crippen MR) is 280 cm³/mol. The molecule has 0 bridgehead atoms. The molecule has 0 fully saturated rings. The van der Waals surface area contributed by atoms with Crippen molar-refractivity contribution in [3.63, 3.8) is 0 Å². The number of fused-ring (bicyclic) bond motifs is 3. The molecule has 5 heterocycles. The number of para-hydroxylation sites is 2. The topological polar surface area (TPSA) is 101 Å². The minimum Gasteiger partial charge on any atom is -0.871 e. The van der Waals surface area contributed by atoms with Crippen molar-refractivity contribution in [2.45, 2.75) is 109 Å². The predicted octanol–water partition coefficient (Wildman–Crippen LogP) is 12.3. The third-order valence-corrected chi connectivity index (χ3v) is 17.7. The molecule has 0 spiro atoms. The molecule has 3 aromatic carbocycles. The largest absolute Gasteiger partial charge is 0.871 e. The van der Waals surface area contributed by atoms with Crippen LogP contribution in [0.25, 0.3) is 31.9 Å². The first-order valence-corrected chi connectivity index (χ1v) is 27.1. The Morgan fingerprint density at radius 1 is 0.836 bits per heavy atom. The van der Waals surface area contributed by atoms with E-state index in [1.807, 2.05) is 47.0 Å². The van der Waals surface area contributed by atoms with Crippen molar-refractivity contribution in [3.05, 3.63) is 134 Å². The first-order valence-electron chi connectivity index (χ1n) is 23.8. The van der Waals surface area contributed by atoms with Crippen LogP contribution in [0.15, 0.2) is 119 Å². The Morgan fingerprint density at radius 2 is 1.54 bits per heavy atom. The standard InChI is InChI=1S/C55H59N5O3S4/c1-8-11-28-59-41-20-14-12-18-39(41)54(4,5)46(59)32-37-52(62)38(53(37)63)33-47-55(6,7)40-19-13-15-21-42(40)60(47)29-17-16-22-48(61)56-27-30-64-45-31-36(43-25-23-34(9-2)65-43)50-51(58-67-57-50)49(45)44-26-24-35(10-3)66-44/h12-15,18-21,23-26,31-33H,8-11,16-17,22,27-30H2,1-7H3,(H-,56,61,62,63). The summed E-state index contributed by atoms with van der Waals surface area (Å²) in [5.74, 6) is 0.365. The lowest BCUT2D eigenvalue weighted by Gasteiger charge is -2.33. The molecule has 1 aliphatic carbocycles. The zero-order chi connectivity index (χ0) is 47.0. The first kappa shape index (κ1) is 46.9. The Hall–Kier alpha value is -5.14. The molecule has 1 amide bonds. The van der Waals surface area contributed by atoms with E-state index in [1.165, 1.54) is 36.8 Å².